The van der Waals surface area contributed by atoms with Crippen LogP contribution in [0.1, 0.15) is 33.5 Å². The van der Waals surface area contributed by atoms with E-state index in [1.54, 1.807) is 0 Å². The van der Waals surface area contributed by atoms with Gasteiger partial charge in [-0.15, -0.1) is 0 Å². The minimum absolute atomic E-state index is 0.0701. The van der Waals surface area contributed by atoms with Gasteiger partial charge in [0.15, 0.2) is 5.78 Å². The molecule has 0 fully saturated rings. The number of fused-ring (bicyclic) bond motifs is 2. The van der Waals surface area contributed by atoms with Gasteiger partial charge in [0, 0.05) is 11.5 Å². The number of rotatable bonds is 1. The maximum absolute atomic E-state index is 12.6. The Morgan fingerprint density at radius 2 is 1.60 bits per heavy atom. The van der Waals surface area contributed by atoms with E-state index in [-0.39, 0.29) is 5.92 Å². The van der Waals surface area contributed by atoms with Crippen LogP contribution in [-0.2, 0) is 12.8 Å². The first-order valence-electron chi connectivity index (χ1n) is 7.23. The normalized spacial score (nSPS) is 20.3. The Bertz CT molecular complexity index is 724. The number of Topliss-reactive ketones (excluding diaryl/α,β-unsaturated/α-hetero) is 1. The fourth-order valence-electron chi connectivity index (χ4n) is 3.47. The van der Waals surface area contributed by atoms with Gasteiger partial charge in [-0.2, -0.15) is 0 Å². The highest BCUT2D eigenvalue weighted by Crippen LogP contribution is 2.36. The fraction of sp³-hybridized carbons (Fsp3) is 0.211. The molecule has 2 aliphatic rings. The summed E-state index contributed by atoms with van der Waals surface area (Å²) < 4.78 is 0. The van der Waals surface area contributed by atoms with Crippen LogP contribution in [0.4, 0.5) is 0 Å². The molecule has 98 valence electrons. The molecule has 0 saturated carbocycles. The van der Waals surface area contributed by atoms with Crippen molar-refractivity contribution in [2.24, 2.45) is 5.92 Å². The van der Waals surface area contributed by atoms with Crippen molar-refractivity contribution in [1.82, 2.24) is 0 Å². The summed E-state index contributed by atoms with van der Waals surface area (Å²) >= 11 is 0. The van der Waals surface area contributed by atoms with E-state index in [0.717, 1.165) is 24.8 Å². The molecule has 0 radical (unpaired) electrons. The highest BCUT2D eigenvalue weighted by molar-refractivity contribution is 6.04. The van der Waals surface area contributed by atoms with E-state index >= 15 is 0 Å². The maximum atomic E-state index is 12.6. The molecule has 0 amide bonds. The molecule has 1 unspecified atom stereocenters. The van der Waals surface area contributed by atoms with Crippen molar-refractivity contribution in [3.05, 3.63) is 76.4 Å². The van der Waals surface area contributed by atoms with Crippen LogP contribution in [0, 0.1) is 5.92 Å². The van der Waals surface area contributed by atoms with Gasteiger partial charge in [-0.05, 0) is 36.0 Å². The second-order valence-electron chi connectivity index (χ2n) is 5.70. The lowest BCUT2D eigenvalue weighted by Gasteiger charge is -2.20. The van der Waals surface area contributed by atoms with Crippen LogP contribution in [0.2, 0.25) is 0 Å². The van der Waals surface area contributed by atoms with Gasteiger partial charge < -0.3 is 0 Å². The summed E-state index contributed by atoms with van der Waals surface area (Å²) in [4.78, 5) is 12.6. The molecule has 0 spiro atoms. The topological polar surface area (TPSA) is 17.1 Å². The van der Waals surface area contributed by atoms with E-state index in [0.29, 0.717) is 5.78 Å². The van der Waals surface area contributed by atoms with E-state index in [4.69, 9.17) is 0 Å². The van der Waals surface area contributed by atoms with Crippen LogP contribution in [0.25, 0.3) is 6.08 Å². The van der Waals surface area contributed by atoms with E-state index in [1.165, 1.54) is 22.3 Å². The van der Waals surface area contributed by atoms with Crippen molar-refractivity contribution in [3.63, 3.8) is 0 Å². The Labute approximate surface area is 119 Å². The van der Waals surface area contributed by atoms with Gasteiger partial charge in [0.05, 0.1) is 0 Å². The second-order valence-corrected chi connectivity index (χ2v) is 5.70. The van der Waals surface area contributed by atoms with Crippen molar-refractivity contribution in [2.45, 2.75) is 19.3 Å². The van der Waals surface area contributed by atoms with Crippen LogP contribution in [0.3, 0.4) is 0 Å². The number of carbonyl (C=O) groups excluding carboxylic acids is 1. The fourth-order valence-corrected chi connectivity index (χ4v) is 3.47. The molecule has 0 bridgehead atoms. The van der Waals surface area contributed by atoms with Crippen LogP contribution in [-0.4, -0.2) is 5.78 Å². The van der Waals surface area contributed by atoms with Gasteiger partial charge in [0.25, 0.3) is 0 Å². The molecule has 0 aromatic heterocycles. The molecule has 4 rings (SSSR count). The van der Waals surface area contributed by atoms with Gasteiger partial charge >= 0.3 is 0 Å². The number of carbonyl (C=O) groups is 1. The molecule has 0 saturated heterocycles. The molecule has 2 aromatic rings. The molecule has 20 heavy (non-hydrogen) atoms. The van der Waals surface area contributed by atoms with E-state index in [1.807, 2.05) is 18.2 Å². The third-order valence-corrected chi connectivity index (χ3v) is 4.55. The molecule has 0 N–H and O–H groups in total. The van der Waals surface area contributed by atoms with Gasteiger partial charge in [-0.25, -0.2) is 0 Å². The minimum Gasteiger partial charge on any atom is -0.293 e. The van der Waals surface area contributed by atoms with E-state index in [2.05, 4.69) is 36.4 Å². The highest BCUT2D eigenvalue weighted by atomic mass is 16.1. The Kier molecular flexibility index (Phi) is 2.59. The molecule has 1 heteroatoms. The quantitative estimate of drug-likeness (QED) is 0.755. The number of allylic oxidation sites excluding steroid dienone is 1. The number of hydrogen-bond donors (Lipinski definition) is 0. The highest BCUT2D eigenvalue weighted by Gasteiger charge is 2.33. The Morgan fingerprint density at radius 3 is 2.45 bits per heavy atom. The molecule has 0 heterocycles. The predicted octanol–water partition coefficient (Wildman–Crippen LogP) is 4.07. The molecular formula is C19H16O. The van der Waals surface area contributed by atoms with Crippen molar-refractivity contribution >= 4 is 11.9 Å². The summed E-state index contributed by atoms with van der Waals surface area (Å²) in [6.45, 7) is 0. The summed E-state index contributed by atoms with van der Waals surface area (Å²) in [5, 5.41) is 0. The van der Waals surface area contributed by atoms with Gasteiger partial charge in [-0.3, -0.25) is 4.79 Å². The van der Waals surface area contributed by atoms with Crippen molar-refractivity contribution < 1.29 is 4.79 Å². The van der Waals surface area contributed by atoms with E-state index < -0.39 is 0 Å². The standard InChI is InChI=1S/C19H16O/c20-19-17-8-4-3-7-15(17)12-18(19)16-10-9-13-5-1-2-6-14(13)11-16/h1-8,11,18H,9-10,12H2. The number of hydrogen-bond acceptors (Lipinski definition) is 1. The van der Waals surface area contributed by atoms with Crippen LogP contribution in [0.5, 0.6) is 0 Å². The Balaban J connectivity index is 1.71. The van der Waals surface area contributed by atoms with Crippen molar-refractivity contribution in [1.29, 1.82) is 0 Å². The summed E-state index contributed by atoms with van der Waals surface area (Å²) in [5.41, 5.74) is 6.14. The molecule has 2 aliphatic carbocycles. The van der Waals surface area contributed by atoms with Crippen LogP contribution >= 0.6 is 0 Å². The molecule has 2 aromatic carbocycles. The maximum Gasteiger partial charge on any atom is 0.170 e. The third kappa shape index (κ3) is 1.74. The monoisotopic (exact) mass is 260 g/mol. The Hall–Kier alpha value is -2.15. The smallest absolute Gasteiger partial charge is 0.170 e. The lowest BCUT2D eigenvalue weighted by molar-refractivity contribution is 0.0953. The average molecular weight is 260 g/mol. The SMILES string of the molecule is O=C1c2ccccc2CC1C1=Cc2ccccc2CC1. The lowest BCUT2D eigenvalue weighted by atomic mass is 9.84. The van der Waals surface area contributed by atoms with E-state index in [9.17, 15) is 4.79 Å². The van der Waals surface area contributed by atoms with Gasteiger partial charge in [0.1, 0.15) is 0 Å². The van der Waals surface area contributed by atoms with Gasteiger partial charge in [-0.1, -0.05) is 60.2 Å². The molecule has 1 atom stereocenters. The number of ketones is 1. The van der Waals surface area contributed by atoms with Crippen molar-refractivity contribution in [3.8, 4) is 0 Å². The first kappa shape index (κ1) is 11.7. The number of aryl methyl sites for hydroxylation is 1. The zero-order valence-corrected chi connectivity index (χ0v) is 11.3. The van der Waals surface area contributed by atoms with Crippen LogP contribution < -0.4 is 0 Å². The summed E-state index contributed by atoms with van der Waals surface area (Å²) in [7, 11) is 0. The minimum atomic E-state index is 0.0701. The zero-order valence-electron chi connectivity index (χ0n) is 11.3. The lowest BCUT2D eigenvalue weighted by Crippen LogP contribution is -2.15. The third-order valence-electron chi connectivity index (χ3n) is 4.55. The number of benzene rings is 2. The zero-order chi connectivity index (χ0) is 13.5. The van der Waals surface area contributed by atoms with Crippen LogP contribution in [0.15, 0.2) is 54.1 Å². The molecule has 0 aliphatic heterocycles. The molecular weight excluding hydrogens is 244 g/mol. The van der Waals surface area contributed by atoms with Crippen molar-refractivity contribution in [2.75, 3.05) is 0 Å². The summed E-state index contributed by atoms with van der Waals surface area (Å²) in [6, 6.07) is 16.6. The summed E-state index contributed by atoms with van der Waals surface area (Å²) in [6.07, 6.45) is 5.19. The summed E-state index contributed by atoms with van der Waals surface area (Å²) in [5.74, 6) is 0.381. The van der Waals surface area contributed by atoms with Gasteiger partial charge in [0.2, 0.25) is 0 Å². The second kappa shape index (κ2) is 4.45. The predicted molar refractivity (Wildman–Crippen MR) is 80.7 cm³/mol. The largest absolute Gasteiger partial charge is 0.293 e. The first-order chi connectivity index (χ1) is 9.83. The Morgan fingerprint density at radius 1 is 0.850 bits per heavy atom. The average Bonchev–Trinajstić information content (AvgIpc) is 2.84. The molecule has 1 nitrogen and oxygen atoms in total. The first-order valence-corrected chi connectivity index (χ1v) is 7.23.